The lowest BCUT2D eigenvalue weighted by molar-refractivity contribution is -0.688. The topological polar surface area (TPSA) is 20.9 Å². The summed E-state index contributed by atoms with van der Waals surface area (Å²) in [7, 11) is 0. The zero-order chi connectivity index (χ0) is 12.0. The van der Waals surface area contributed by atoms with Crippen molar-refractivity contribution in [2.24, 2.45) is 5.92 Å². The molecule has 0 radical (unpaired) electrons. The number of ketones is 1. The van der Waals surface area contributed by atoms with Crippen LogP contribution in [0.25, 0.3) is 0 Å². The number of hydrogen-bond acceptors (Lipinski definition) is 1. The molecule has 0 aliphatic rings. The van der Waals surface area contributed by atoms with Gasteiger partial charge in [0, 0.05) is 18.6 Å². The summed E-state index contributed by atoms with van der Waals surface area (Å²) in [4.78, 5) is 12.1. The van der Waals surface area contributed by atoms with E-state index in [1.54, 1.807) is 6.08 Å². The number of allylic oxidation sites excluding steroid dienone is 1. The summed E-state index contributed by atoms with van der Waals surface area (Å²) in [6.07, 6.45) is 5.39. The highest BCUT2D eigenvalue weighted by Crippen LogP contribution is 2.10. The van der Waals surface area contributed by atoms with Gasteiger partial charge in [0.15, 0.2) is 12.7 Å². The molecular formula is C14H20BrNO. The lowest BCUT2D eigenvalue weighted by atomic mass is 10.00. The number of carbonyl (C=O) groups excluding carboxylic acids is 1. The summed E-state index contributed by atoms with van der Waals surface area (Å²) in [5.41, 5.74) is 0.780. The molecule has 3 heteroatoms. The molecule has 0 fully saturated rings. The maximum absolute atomic E-state index is 12.1. The summed E-state index contributed by atoms with van der Waals surface area (Å²) in [5.74, 6) is 0.668. The van der Waals surface area contributed by atoms with E-state index in [-0.39, 0.29) is 22.8 Å². The third-order valence-electron chi connectivity index (χ3n) is 2.78. The molecule has 1 aromatic rings. The number of carbonyl (C=O) groups is 1. The smallest absolute Gasteiger partial charge is 0.248 e. The lowest BCUT2D eigenvalue weighted by Gasteiger charge is -2.06. The van der Waals surface area contributed by atoms with Crippen LogP contribution >= 0.6 is 0 Å². The molecule has 1 unspecified atom stereocenters. The molecule has 0 saturated heterocycles. The van der Waals surface area contributed by atoms with Gasteiger partial charge in [0.05, 0.1) is 0 Å². The van der Waals surface area contributed by atoms with Gasteiger partial charge in [-0.2, -0.15) is 4.57 Å². The number of hydrogen-bond donors (Lipinski definition) is 0. The van der Waals surface area contributed by atoms with Gasteiger partial charge in [-0.15, -0.1) is 0 Å². The van der Waals surface area contributed by atoms with Crippen molar-refractivity contribution in [1.82, 2.24) is 0 Å². The maximum Gasteiger partial charge on any atom is 0.248 e. The van der Waals surface area contributed by atoms with Crippen molar-refractivity contribution in [2.75, 3.05) is 0 Å². The van der Waals surface area contributed by atoms with E-state index < -0.39 is 0 Å². The first-order chi connectivity index (χ1) is 7.69. The highest BCUT2D eigenvalue weighted by Gasteiger charge is 2.18. The fraction of sp³-hybridized carbons (Fsp3) is 0.429. The Morgan fingerprint density at radius 3 is 2.82 bits per heavy atom. The molecule has 17 heavy (non-hydrogen) atoms. The van der Waals surface area contributed by atoms with E-state index in [1.807, 2.05) is 29.0 Å². The normalized spacial score (nSPS) is 11.4. The van der Waals surface area contributed by atoms with E-state index >= 15 is 0 Å². The molecule has 0 N–H and O–H groups in total. The van der Waals surface area contributed by atoms with E-state index in [0.29, 0.717) is 18.9 Å². The summed E-state index contributed by atoms with van der Waals surface area (Å²) < 4.78 is 1.94. The predicted octanol–water partition coefficient (Wildman–Crippen LogP) is -0.217. The van der Waals surface area contributed by atoms with Crippen molar-refractivity contribution in [3.63, 3.8) is 0 Å². The molecule has 94 valence electrons. The van der Waals surface area contributed by atoms with Crippen LogP contribution in [-0.4, -0.2) is 5.78 Å². The van der Waals surface area contributed by atoms with Gasteiger partial charge < -0.3 is 17.0 Å². The number of aromatic nitrogens is 1. The van der Waals surface area contributed by atoms with Crippen molar-refractivity contribution in [3.8, 4) is 0 Å². The molecule has 0 aliphatic heterocycles. The molecule has 0 bridgehead atoms. The van der Waals surface area contributed by atoms with Gasteiger partial charge in [0.2, 0.25) is 11.5 Å². The standard InChI is InChI=1S/C14H20NO.BrH/c1-4-9-15-10-7-6-8-13(15)14(16)11-12(3)5-2;/h4,6-8,10,12H,1,5,9,11H2,2-3H3;1H/q+1;/p-1. The Hall–Kier alpha value is -0.960. The summed E-state index contributed by atoms with van der Waals surface area (Å²) in [6.45, 7) is 8.61. The summed E-state index contributed by atoms with van der Waals surface area (Å²) >= 11 is 0. The van der Waals surface area contributed by atoms with Crippen LogP contribution in [0.2, 0.25) is 0 Å². The van der Waals surface area contributed by atoms with Crippen molar-refractivity contribution in [3.05, 3.63) is 42.7 Å². The molecule has 2 nitrogen and oxygen atoms in total. The van der Waals surface area contributed by atoms with E-state index in [4.69, 9.17) is 0 Å². The van der Waals surface area contributed by atoms with Gasteiger partial charge in [0.1, 0.15) is 0 Å². The second-order valence-corrected chi connectivity index (χ2v) is 4.17. The Morgan fingerprint density at radius 1 is 1.53 bits per heavy atom. The second-order valence-electron chi connectivity index (χ2n) is 4.17. The van der Waals surface area contributed by atoms with E-state index in [1.165, 1.54) is 0 Å². The van der Waals surface area contributed by atoms with Crippen LogP contribution in [0.1, 0.15) is 37.2 Å². The minimum Gasteiger partial charge on any atom is -1.00 e. The van der Waals surface area contributed by atoms with Crippen LogP contribution in [0.4, 0.5) is 0 Å². The third-order valence-corrected chi connectivity index (χ3v) is 2.78. The maximum atomic E-state index is 12.1. The van der Waals surface area contributed by atoms with Gasteiger partial charge in [-0.1, -0.05) is 26.8 Å². The molecule has 1 heterocycles. The van der Waals surface area contributed by atoms with Gasteiger partial charge in [0.25, 0.3) is 0 Å². The van der Waals surface area contributed by atoms with Crippen molar-refractivity contribution in [1.29, 1.82) is 0 Å². The molecule has 0 spiro atoms. The number of pyridine rings is 1. The van der Waals surface area contributed by atoms with Crippen molar-refractivity contribution in [2.45, 2.75) is 33.2 Å². The van der Waals surface area contributed by atoms with Crippen LogP contribution in [0.5, 0.6) is 0 Å². The number of rotatable bonds is 6. The quantitative estimate of drug-likeness (QED) is 0.404. The summed E-state index contributed by atoms with van der Waals surface area (Å²) in [5, 5.41) is 0. The average Bonchev–Trinajstić information content (AvgIpc) is 2.30. The molecule has 1 rings (SSSR count). The molecule has 1 atom stereocenters. The minimum absolute atomic E-state index is 0. The first kappa shape index (κ1) is 16.0. The molecule has 1 aromatic heterocycles. The van der Waals surface area contributed by atoms with Gasteiger partial charge in [-0.3, -0.25) is 4.79 Å². The fourth-order valence-electron chi connectivity index (χ4n) is 1.59. The van der Waals surface area contributed by atoms with E-state index in [9.17, 15) is 4.79 Å². The number of halogens is 1. The Balaban J connectivity index is 0.00000256. The molecule has 0 saturated carbocycles. The van der Waals surface area contributed by atoms with Crippen LogP contribution in [0, 0.1) is 5.92 Å². The van der Waals surface area contributed by atoms with E-state index in [2.05, 4.69) is 20.4 Å². The third kappa shape index (κ3) is 4.82. The monoisotopic (exact) mass is 297 g/mol. The number of Topliss-reactive ketones (excluding diaryl/α,β-unsaturated/α-hetero) is 1. The van der Waals surface area contributed by atoms with Crippen molar-refractivity contribution >= 4 is 5.78 Å². The van der Waals surface area contributed by atoms with Gasteiger partial charge >= 0.3 is 0 Å². The fourth-order valence-corrected chi connectivity index (χ4v) is 1.59. The first-order valence-electron chi connectivity index (χ1n) is 5.81. The Morgan fingerprint density at radius 2 is 2.24 bits per heavy atom. The predicted molar refractivity (Wildman–Crippen MR) is 65.2 cm³/mol. The largest absolute Gasteiger partial charge is 1.00 e. The Kier molecular flexibility index (Phi) is 7.72. The van der Waals surface area contributed by atoms with Crippen LogP contribution in [-0.2, 0) is 6.54 Å². The number of nitrogens with zero attached hydrogens (tertiary/aromatic N) is 1. The lowest BCUT2D eigenvalue weighted by Crippen LogP contribution is -3.00. The molecule has 0 aliphatic carbocycles. The highest BCUT2D eigenvalue weighted by atomic mass is 79.9. The SMILES string of the molecule is C=CC[n+]1ccccc1C(=O)CC(C)CC.[Br-]. The zero-order valence-corrected chi connectivity index (χ0v) is 12.1. The van der Waals surface area contributed by atoms with Gasteiger partial charge in [-0.05, 0) is 18.1 Å². The molecular weight excluding hydrogens is 278 g/mol. The van der Waals surface area contributed by atoms with E-state index in [0.717, 1.165) is 12.1 Å². The first-order valence-corrected chi connectivity index (χ1v) is 5.81. The minimum atomic E-state index is 0. The average molecular weight is 298 g/mol. The Bertz CT molecular complexity index is 376. The van der Waals surface area contributed by atoms with Gasteiger partial charge in [-0.25, -0.2) is 0 Å². The molecule has 0 amide bonds. The summed E-state index contributed by atoms with van der Waals surface area (Å²) in [6, 6.07) is 5.72. The molecule has 0 aromatic carbocycles. The van der Waals surface area contributed by atoms with Crippen LogP contribution < -0.4 is 21.5 Å². The second kappa shape index (κ2) is 8.18. The highest BCUT2D eigenvalue weighted by molar-refractivity contribution is 5.92. The zero-order valence-electron chi connectivity index (χ0n) is 10.5. The van der Waals surface area contributed by atoms with Crippen LogP contribution in [0.15, 0.2) is 37.1 Å². The Labute approximate surface area is 114 Å². The van der Waals surface area contributed by atoms with Crippen molar-refractivity contribution < 1.29 is 26.3 Å². The van der Waals surface area contributed by atoms with Crippen LogP contribution in [0.3, 0.4) is 0 Å².